The van der Waals surface area contributed by atoms with Crippen LogP contribution in [0.25, 0.3) is 0 Å². The van der Waals surface area contributed by atoms with Gasteiger partial charge in [0.15, 0.2) is 0 Å². The maximum absolute atomic E-state index is 5.57. The minimum Gasteiger partial charge on any atom is -0.475 e. The van der Waals surface area contributed by atoms with E-state index in [-0.39, 0.29) is 12.4 Å². The Morgan fingerprint density at radius 1 is 1.64 bits per heavy atom. The van der Waals surface area contributed by atoms with Gasteiger partial charge in [-0.2, -0.15) is 0 Å². The van der Waals surface area contributed by atoms with E-state index in [2.05, 4.69) is 10.2 Å². The number of nitrogens with two attached hydrogens (primary N) is 1. The highest BCUT2D eigenvalue weighted by Gasteiger charge is 2.04. The van der Waals surface area contributed by atoms with Crippen molar-refractivity contribution in [2.75, 3.05) is 12.3 Å². The van der Waals surface area contributed by atoms with Crippen LogP contribution in [0.15, 0.2) is 0 Å². The van der Waals surface area contributed by atoms with Gasteiger partial charge in [-0.25, -0.2) is 0 Å². The summed E-state index contributed by atoms with van der Waals surface area (Å²) in [6, 6.07) is 0. The summed E-state index contributed by atoms with van der Waals surface area (Å²) in [5, 5.41) is 6.55. The van der Waals surface area contributed by atoms with Crippen LogP contribution in [0.5, 0.6) is 5.88 Å². The zero-order valence-corrected chi connectivity index (χ0v) is 7.36. The van der Waals surface area contributed by atoms with Crippen molar-refractivity contribution < 1.29 is 4.74 Å². The summed E-state index contributed by atoms with van der Waals surface area (Å²) >= 11 is 0. The third-order valence-corrected chi connectivity index (χ3v) is 1.24. The molecule has 0 amide bonds. The normalized spacial score (nSPS) is 8.91. The van der Waals surface area contributed by atoms with Crippen LogP contribution in [-0.2, 0) is 0 Å². The Morgan fingerprint density at radius 3 is 2.64 bits per heavy atom. The van der Waals surface area contributed by atoms with Gasteiger partial charge >= 0.3 is 0 Å². The van der Waals surface area contributed by atoms with Gasteiger partial charge in [-0.1, -0.05) is 0 Å². The second-order valence-corrected chi connectivity index (χ2v) is 2.00. The third-order valence-electron chi connectivity index (χ3n) is 1.24. The molecule has 0 radical (unpaired) electrons. The number of hydrogen-bond acceptors (Lipinski definition) is 3. The zero-order chi connectivity index (χ0) is 7.56. The van der Waals surface area contributed by atoms with Crippen molar-refractivity contribution in [3.05, 3.63) is 5.69 Å². The summed E-state index contributed by atoms with van der Waals surface area (Å²) < 4.78 is 5.09. The molecule has 1 heterocycles. The van der Waals surface area contributed by atoms with E-state index in [0.29, 0.717) is 18.2 Å². The SMILES string of the molecule is CCOc1n[nH]c(C)c1N.Cl. The predicted molar refractivity (Wildman–Crippen MR) is 46.2 cm³/mol. The number of aryl methyl sites for hydroxylation is 1. The largest absolute Gasteiger partial charge is 0.475 e. The fraction of sp³-hybridized carbons (Fsp3) is 0.500. The van der Waals surface area contributed by atoms with Gasteiger partial charge in [0.2, 0.25) is 0 Å². The maximum atomic E-state index is 5.57. The first kappa shape index (κ1) is 10.1. The highest BCUT2D eigenvalue weighted by molar-refractivity contribution is 5.85. The Bertz CT molecular complexity index is 224. The molecular weight excluding hydrogens is 166 g/mol. The number of anilines is 1. The monoisotopic (exact) mass is 177 g/mol. The van der Waals surface area contributed by atoms with E-state index in [9.17, 15) is 0 Å². The van der Waals surface area contributed by atoms with Gasteiger partial charge in [0, 0.05) is 0 Å². The van der Waals surface area contributed by atoms with Crippen LogP contribution in [0, 0.1) is 6.92 Å². The van der Waals surface area contributed by atoms with Crippen molar-refractivity contribution in [1.29, 1.82) is 0 Å². The summed E-state index contributed by atoms with van der Waals surface area (Å²) in [6.07, 6.45) is 0. The molecule has 0 fully saturated rings. The number of nitrogens with zero attached hydrogens (tertiary/aromatic N) is 1. The molecule has 4 nitrogen and oxygen atoms in total. The molecule has 1 rings (SSSR count). The third kappa shape index (κ3) is 2.01. The first-order valence-corrected chi connectivity index (χ1v) is 3.19. The number of ether oxygens (including phenoxy) is 1. The number of hydrogen-bond donors (Lipinski definition) is 2. The molecule has 0 unspecified atom stereocenters. The van der Waals surface area contributed by atoms with E-state index in [1.165, 1.54) is 0 Å². The summed E-state index contributed by atoms with van der Waals surface area (Å²) in [5.74, 6) is 0.500. The van der Waals surface area contributed by atoms with E-state index >= 15 is 0 Å². The molecule has 0 atom stereocenters. The van der Waals surface area contributed by atoms with Crippen LogP contribution < -0.4 is 10.5 Å². The molecule has 0 aromatic carbocycles. The van der Waals surface area contributed by atoms with E-state index in [1.54, 1.807) is 0 Å². The molecule has 11 heavy (non-hydrogen) atoms. The van der Waals surface area contributed by atoms with Crippen molar-refractivity contribution in [3.63, 3.8) is 0 Å². The zero-order valence-electron chi connectivity index (χ0n) is 6.55. The van der Waals surface area contributed by atoms with Crippen LogP contribution in [0.3, 0.4) is 0 Å². The summed E-state index contributed by atoms with van der Waals surface area (Å²) in [6.45, 7) is 4.34. The van der Waals surface area contributed by atoms with Gasteiger partial charge in [-0.05, 0) is 13.8 Å². The average molecular weight is 178 g/mol. The molecule has 0 aliphatic carbocycles. The summed E-state index contributed by atoms with van der Waals surface area (Å²) in [7, 11) is 0. The topological polar surface area (TPSA) is 63.9 Å². The van der Waals surface area contributed by atoms with Gasteiger partial charge in [0.05, 0.1) is 12.3 Å². The van der Waals surface area contributed by atoms with Gasteiger partial charge in [0.1, 0.15) is 5.69 Å². The van der Waals surface area contributed by atoms with Crippen molar-refractivity contribution in [1.82, 2.24) is 10.2 Å². The lowest BCUT2D eigenvalue weighted by molar-refractivity contribution is 0.328. The van der Waals surface area contributed by atoms with Crippen LogP contribution in [0.4, 0.5) is 5.69 Å². The van der Waals surface area contributed by atoms with Crippen molar-refractivity contribution in [2.45, 2.75) is 13.8 Å². The molecule has 0 aliphatic heterocycles. The molecule has 0 saturated heterocycles. The number of nitrogens with one attached hydrogen (secondary N) is 1. The molecule has 0 saturated carbocycles. The van der Waals surface area contributed by atoms with Crippen molar-refractivity contribution in [3.8, 4) is 5.88 Å². The minimum atomic E-state index is 0. The molecule has 0 aliphatic rings. The molecule has 1 aromatic rings. The van der Waals surface area contributed by atoms with Gasteiger partial charge in [-0.3, -0.25) is 5.10 Å². The van der Waals surface area contributed by atoms with Gasteiger partial charge in [0.25, 0.3) is 5.88 Å². The molecule has 0 bridgehead atoms. The minimum absolute atomic E-state index is 0. The highest BCUT2D eigenvalue weighted by atomic mass is 35.5. The van der Waals surface area contributed by atoms with Gasteiger partial charge in [-0.15, -0.1) is 17.5 Å². The number of halogens is 1. The lowest BCUT2D eigenvalue weighted by Crippen LogP contribution is -1.95. The van der Waals surface area contributed by atoms with Gasteiger partial charge < -0.3 is 10.5 Å². The Hall–Kier alpha value is -0.900. The van der Waals surface area contributed by atoms with Crippen LogP contribution in [0.2, 0.25) is 0 Å². The number of aromatic nitrogens is 2. The fourth-order valence-corrected chi connectivity index (χ4v) is 0.662. The van der Waals surface area contributed by atoms with E-state index < -0.39 is 0 Å². The van der Waals surface area contributed by atoms with E-state index in [1.807, 2.05) is 13.8 Å². The smallest absolute Gasteiger partial charge is 0.256 e. The molecule has 64 valence electrons. The first-order chi connectivity index (χ1) is 4.75. The lowest BCUT2D eigenvalue weighted by atomic mass is 10.4. The molecule has 5 heteroatoms. The Labute approximate surface area is 71.5 Å². The Kier molecular flexibility index (Phi) is 3.74. The van der Waals surface area contributed by atoms with Crippen molar-refractivity contribution in [2.24, 2.45) is 0 Å². The number of H-pyrrole nitrogens is 1. The molecule has 1 aromatic heterocycles. The Balaban J connectivity index is 0.000001000. The van der Waals surface area contributed by atoms with Crippen molar-refractivity contribution >= 4 is 18.1 Å². The van der Waals surface area contributed by atoms with Crippen LogP contribution >= 0.6 is 12.4 Å². The molecular formula is C6H12ClN3O. The second kappa shape index (κ2) is 4.08. The maximum Gasteiger partial charge on any atom is 0.256 e. The number of rotatable bonds is 2. The number of nitrogen functional groups attached to an aromatic ring is 1. The summed E-state index contributed by atoms with van der Waals surface area (Å²) in [5.41, 5.74) is 7.02. The second-order valence-electron chi connectivity index (χ2n) is 2.00. The highest BCUT2D eigenvalue weighted by Crippen LogP contribution is 2.19. The summed E-state index contributed by atoms with van der Waals surface area (Å²) in [4.78, 5) is 0. The van der Waals surface area contributed by atoms with E-state index in [4.69, 9.17) is 10.5 Å². The fourth-order valence-electron chi connectivity index (χ4n) is 0.662. The van der Waals surface area contributed by atoms with E-state index in [0.717, 1.165) is 5.69 Å². The molecule has 0 spiro atoms. The average Bonchev–Trinajstić information content (AvgIpc) is 2.20. The lowest BCUT2D eigenvalue weighted by Gasteiger charge is -1.96. The predicted octanol–water partition coefficient (Wildman–Crippen LogP) is 1.12. The first-order valence-electron chi connectivity index (χ1n) is 3.19. The quantitative estimate of drug-likeness (QED) is 0.712. The number of aromatic amines is 1. The van der Waals surface area contributed by atoms with Crippen LogP contribution in [0.1, 0.15) is 12.6 Å². The Morgan fingerprint density at radius 2 is 2.27 bits per heavy atom. The van der Waals surface area contributed by atoms with Crippen LogP contribution in [-0.4, -0.2) is 16.8 Å². The molecule has 3 N–H and O–H groups in total. The standard InChI is InChI=1S/C6H11N3O.ClH/c1-3-10-6-5(7)4(2)8-9-6;/h3,7H2,1-2H3,(H,8,9);1H.